The molecule has 20 heavy (non-hydrogen) atoms. The summed E-state index contributed by atoms with van der Waals surface area (Å²) in [6.07, 6.45) is 0. The molecule has 0 bridgehead atoms. The van der Waals surface area contributed by atoms with Gasteiger partial charge in [0.15, 0.2) is 12.2 Å². The van der Waals surface area contributed by atoms with E-state index in [1.165, 1.54) is 5.56 Å². The lowest BCUT2D eigenvalue weighted by Gasteiger charge is -2.10. The minimum Gasteiger partial charge on any atom is -0.470 e. The van der Waals surface area contributed by atoms with E-state index in [0.717, 1.165) is 11.3 Å². The molecule has 1 heterocycles. The van der Waals surface area contributed by atoms with Crippen LogP contribution < -0.4 is 5.32 Å². The van der Waals surface area contributed by atoms with Crippen LogP contribution >= 0.6 is 0 Å². The number of aryl methyl sites for hydroxylation is 2. The first-order valence-corrected chi connectivity index (χ1v) is 6.44. The Bertz CT molecular complexity index is 590. The summed E-state index contributed by atoms with van der Waals surface area (Å²) in [5.74, 6) is -0.854. The van der Waals surface area contributed by atoms with Crippen molar-refractivity contribution >= 4 is 17.4 Å². The number of hydrogen-bond acceptors (Lipinski definition) is 5. The minimum absolute atomic E-state index is 0.0509. The highest BCUT2D eigenvalue weighted by Crippen LogP contribution is 2.22. The average molecular weight is 275 g/mol. The molecule has 5 heteroatoms. The summed E-state index contributed by atoms with van der Waals surface area (Å²) in [7, 11) is 0. The molecule has 0 unspecified atom stereocenters. The maximum Gasteiger partial charge on any atom is 0.347 e. The molecule has 0 aromatic heterocycles. The second-order valence-electron chi connectivity index (χ2n) is 4.56. The molecule has 0 radical (unpaired) electrons. The third-order valence-corrected chi connectivity index (χ3v) is 3.10. The fraction of sp³-hybridized carbons (Fsp3) is 0.333. The quantitative estimate of drug-likeness (QED) is 0.673. The van der Waals surface area contributed by atoms with Crippen LogP contribution in [0, 0.1) is 13.8 Å². The fourth-order valence-electron chi connectivity index (χ4n) is 1.87. The van der Waals surface area contributed by atoms with Crippen LogP contribution in [0.25, 0.3) is 0 Å². The SMILES string of the molecule is CCOC(=O)C1=C(Nc2ccc(C)c(C)c2)OCC1=O. The van der Waals surface area contributed by atoms with Crippen molar-refractivity contribution in [3.05, 3.63) is 40.8 Å². The van der Waals surface area contributed by atoms with Gasteiger partial charge in [-0.3, -0.25) is 4.79 Å². The van der Waals surface area contributed by atoms with Gasteiger partial charge in [0.25, 0.3) is 0 Å². The third kappa shape index (κ3) is 2.82. The van der Waals surface area contributed by atoms with Crippen LogP contribution in [0.2, 0.25) is 0 Å². The molecule has 2 rings (SSSR count). The molecule has 1 aromatic carbocycles. The van der Waals surface area contributed by atoms with Crippen LogP contribution in [0.5, 0.6) is 0 Å². The van der Waals surface area contributed by atoms with Crippen LogP contribution in [0.3, 0.4) is 0 Å². The Morgan fingerprint density at radius 1 is 1.35 bits per heavy atom. The first-order chi connectivity index (χ1) is 9.52. The Kier molecular flexibility index (Phi) is 4.08. The van der Waals surface area contributed by atoms with E-state index in [9.17, 15) is 9.59 Å². The van der Waals surface area contributed by atoms with Gasteiger partial charge in [0, 0.05) is 5.69 Å². The summed E-state index contributed by atoms with van der Waals surface area (Å²) in [5.41, 5.74) is 2.99. The van der Waals surface area contributed by atoms with Crippen molar-refractivity contribution in [3.63, 3.8) is 0 Å². The molecule has 0 amide bonds. The second kappa shape index (κ2) is 5.77. The minimum atomic E-state index is -0.652. The molecule has 0 saturated heterocycles. The number of Topliss-reactive ketones (excluding diaryl/α,β-unsaturated/α-hetero) is 1. The van der Waals surface area contributed by atoms with Gasteiger partial charge in [0.1, 0.15) is 0 Å². The first-order valence-electron chi connectivity index (χ1n) is 6.44. The Morgan fingerprint density at radius 3 is 2.75 bits per heavy atom. The molecule has 5 nitrogen and oxygen atoms in total. The zero-order valence-corrected chi connectivity index (χ0v) is 11.8. The zero-order valence-electron chi connectivity index (χ0n) is 11.8. The molecular weight excluding hydrogens is 258 g/mol. The Hall–Kier alpha value is -2.30. The number of ketones is 1. The second-order valence-corrected chi connectivity index (χ2v) is 4.56. The van der Waals surface area contributed by atoms with Gasteiger partial charge < -0.3 is 14.8 Å². The lowest BCUT2D eigenvalue weighted by Crippen LogP contribution is -2.16. The van der Waals surface area contributed by atoms with Gasteiger partial charge >= 0.3 is 5.97 Å². The molecule has 1 N–H and O–H groups in total. The maximum atomic E-state index is 11.8. The van der Waals surface area contributed by atoms with Gasteiger partial charge in [-0.15, -0.1) is 0 Å². The molecular formula is C15H17NO4. The molecule has 1 aliphatic rings. The van der Waals surface area contributed by atoms with Crippen LogP contribution in [0.15, 0.2) is 29.7 Å². The van der Waals surface area contributed by atoms with E-state index in [2.05, 4.69) is 5.32 Å². The van der Waals surface area contributed by atoms with Gasteiger partial charge in [-0.2, -0.15) is 0 Å². The van der Waals surface area contributed by atoms with Crippen LogP contribution in [0.1, 0.15) is 18.1 Å². The highest BCUT2D eigenvalue weighted by Gasteiger charge is 2.32. The lowest BCUT2D eigenvalue weighted by atomic mass is 10.1. The van der Waals surface area contributed by atoms with Crippen LogP contribution in [-0.4, -0.2) is 25.0 Å². The smallest absolute Gasteiger partial charge is 0.347 e. The molecule has 0 saturated carbocycles. The maximum absolute atomic E-state index is 11.8. The monoisotopic (exact) mass is 275 g/mol. The number of carbonyl (C=O) groups is 2. The van der Waals surface area contributed by atoms with Crippen molar-refractivity contribution in [3.8, 4) is 0 Å². The largest absolute Gasteiger partial charge is 0.470 e. The van der Waals surface area contributed by atoms with E-state index in [0.29, 0.717) is 0 Å². The summed E-state index contributed by atoms with van der Waals surface area (Å²) in [5, 5.41) is 2.96. The van der Waals surface area contributed by atoms with Gasteiger partial charge in [0.05, 0.1) is 6.61 Å². The van der Waals surface area contributed by atoms with Gasteiger partial charge in [-0.1, -0.05) is 6.07 Å². The number of esters is 1. The number of anilines is 1. The Balaban J connectivity index is 2.27. The normalized spacial score (nSPS) is 14.2. The van der Waals surface area contributed by atoms with Gasteiger partial charge in [-0.25, -0.2) is 4.79 Å². The van der Waals surface area contributed by atoms with E-state index < -0.39 is 5.97 Å². The Morgan fingerprint density at radius 2 is 2.10 bits per heavy atom. The predicted octanol–water partition coefficient (Wildman–Crippen LogP) is 2.09. The van der Waals surface area contributed by atoms with Crippen LogP contribution in [0.4, 0.5) is 5.69 Å². The van der Waals surface area contributed by atoms with Crippen molar-refractivity contribution in [1.29, 1.82) is 0 Å². The van der Waals surface area contributed by atoms with E-state index in [1.807, 2.05) is 32.0 Å². The summed E-state index contributed by atoms with van der Waals surface area (Å²) >= 11 is 0. The van der Waals surface area contributed by atoms with E-state index in [-0.39, 0.29) is 30.5 Å². The summed E-state index contributed by atoms with van der Waals surface area (Å²) in [4.78, 5) is 23.4. The van der Waals surface area contributed by atoms with E-state index >= 15 is 0 Å². The highest BCUT2D eigenvalue weighted by atomic mass is 16.5. The summed E-state index contributed by atoms with van der Waals surface area (Å²) in [6, 6.07) is 5.75. The van der Waals surface area contributed by atoms with Crippen molar-refractivity contribution in [2.24, 2.45) is 0 Å². The predicted molar refractivity (Wildman–Crippen MR) is 74.2 cm³/mol. The van der Waals surface area contributed by atoms with E-state index in [1.54, 1.807) is 6.92 Å². The van der Waals surface area contributed by atoms with Crippen LogP contribution in [-0.2, 0) is 19.1 Å². The molecule has 0 atom stereocenters. The first kappa shape index (κ1) is 14.1. The van der Waals surface area contributed by atoms with E-state index in [4.69, 9.17) is 9.47 Å². The van der Waals surface area contributed by atoms with Gasteiger partial charge in [-0.05, 0) is 44.0 Å². The van der Waals surface area contributed by atoms with Crippen molar-refractivity contribution in [2.75, 3.05) is 18.5 Å². The van der Waals surface area contributed by atoms with Crippen molar-refractivity contribution in [1.82, 2.24) is 0 Å². The number of rotatable bonds is 4. The lowest BCUT2D eigenvalue weighted by molar-refractivity contribution is -0.139. The van der Waals surface area contributed by atoms with Gasteiger partial charge in [0.2, 0.25) is 11.7 Å². The topological polar surface area (TPSA) is 64.6 Å². The molecule has 0 aliphatic carbocycles. The molecule has 106 valence electrons. The number of benzene rings is 1. The zero-order chi connectivity index (χ0) is 14.7. The summed E-state index contributed by atoms with van der Waals surface area (Å²) < 4.78 is 10.1. The van der Waals surface area contributed by atoms with Crippen molar-refractivity contribution in [2.45, 2.75) is 20.8 Å². The molecule has 1 aliphatic heterocycles. The standard InChI is InChI=1S/C15H17NO4/c1-4-19-15(18)13-12(17)8-20-14(13)16-11-6-5-9(2)10(3)7-11/h5-7,16H,4,8H2,1-3H3. The van der Waals surface area contributed by atoms with Crippen molar-refractivity contribution < 1.29 is 19.1 Å². The Labute approximate surface area is 117 Å². The summed E-state index contributed by atoms with van der Waals surface area (Å²) in [6.45, 7) is 5.77. The molecule has 0 spiro atoms. The number of hydrogen-bond donors (Lipinski definition) is 1. The third-order valence-electron chi connectivity index (χ3n) is 3.10. The average Bonchev–Trinajstić information content (AvgIpc) is 2.75. The fourth-order valence-corrected chi connectivity index (χ4v) is 1.87. The number of carbonyl (C=O) groups excluding carboxylic acids is 2. The molecule has 1 aromatic rings. The highest BCUT2D eigenvalue weighted by molar-refractivity contribution is 6.19. The number of ether oxygens (including phenoxy) is 2. The number of nitrogens with one attached hydrogen (secondary N) is 1. The molecule has 0 fully saturated rings.